The molecule has 0 unspecified atom stereocenters. The zero-order valence-electron chi connectivity index (χ0n) is 21.3. The summed E-state index contributed by atoms with van der Waals surface area (Å²) in [5.41, 5.74) is 1.71. The van der Waals surface area contributed by atoms with Crippen LogP contribution in [-0.4, -0.2) is 63.8 Å². The Labute approximate surface area is 214 Å². The lowest BCUT2D eigenvalue weighted by molar-refractivity contribution is -0.137. The summed E-state index contributed by atoms with van der Waals surface area (Å²) >= 11 is 0. The van der Waals surface area contributed by atoms with Crippen LogP contribution in [0.1, 0.15) is 36.8 Å². The topological polar surface area (TPSA) is 68.1 Å². The van der Waals surface area contributed by atoms with Crippen molar-refractivity contribution in [2.45, 2.75) is 44.8 Å². The molecule has 3 aromatic rings. The molecule has 0 spiro atoms. The van der Waals surface area contributed by atoms with Crippen LogP contribution in [0.15, 0.2) is 24.4 Å². The number of aryl methyl sites for hydroxylation is 2. The van der Waals surface area contributed by atoms with Crippen LogP contribution in [0.25, 0.3) is 22.2 Å². The van der Waals surface area contributed by atoms with Gasteiger partial charge in [0.1, 0.15) is 5.56 Å². The van der Waals surface area contributed by atoms with Crippen molar-refractivity contribution in [1.29, 1.82) is 0 Å². The fraction of sp³-hybridized carbons (Fsp3) is 0.593. The molecule has 2 saturated heterocycles. The van der Waals surface area contributed by atoms with Crippen molar-refractivity contribution in [1.82, 2.24) is 24.9 Å². The molecule has 3 aliphatic rings. The van der Waals surface area contributed by atoms with Crippen LogP contribution in [0.4, 0.5) is 19.0 Å². The van der Waals surface area contributed by atoms with E-state index in [-0.39, 0.29) is 17.6 Å². The Morgan fingerprint density at radius 1 is 1.08 bits per heavy atom. The molecule has 198 valence electrons. The van der Waals surface area contributed by atoms with E-state index in [0.717, 1.165) is 81.1 Å². The standard InChI is InChI=1S/C27H33F3N6O/c1-16-21(3-4-24-22(16)15-35(2)34-24)25-11-23(27(28,29)30)26(33-32-25)31-20-9-18-13-36(14-19(18)10-20)12-17-5-7-37-8-6-17/h3-4,11,15,17-20H,5-10,12-14H2,1-2H3,(H,31,33)/t18-,19+,20+. The maximum atomic E-state index is 14.1. The zero-order chi connectivity index (χ0) is 25.7. The van der Waals surface area contributed by atoms with Crippen molar-refractivity contribution in [2.75, 3.05) is 38.2 Å². The predicted molar refractivity (Wildman–Crippen MR) is 135 cm³/mol. The van der Waals surface area contributed by atoms with Gasteiger partial charge in [-0.25, -0.2) is 0 Å². The molecule has 1 N–H and O–H groups in total. The predicted octanol–water partition coefficient (Wildman–Crippen LogP) is 4.91. The Balaban J connectivity index is 1.17. The number of nitrogens with one attached hydrogen (secondary N) is 1. The monoisotopic (exact) mass is 514 g/mol. The number of aromatic nitrogens is 4. The molecule has 0 radical (unpaired) electrons. The lowest BCUT2D eigenvalue weighted by atomic mass is 10.00. The summed E-state index contributed by atoms with van der Waals surface area (Å²) in [6, 6.07) is 4.69. The highest BCUT2D eigenvalue weighted by Crippen LogP contribution is 2.42. The smallest absolute Gasteiger partial charge is 0.381 e. The van der Waals surface area contributed by atoms with Crippen LogP contribution in [0.2, 0.25) is 0 Å². The molecule has 37 heavy (non-hydrogen) atoms. The van der Waals surface area contributed by atoms with Crippen molar-refractivity contribution >= 4 is 16.7 Å². The Bertz CT molecular complexity index is 1270. The third-order valence-electron chi connectivity index (χ3n) is 8.47. The highest BCUT2D eigenvalue weighted by atomic mass is 19.4. The number of nitrogens with zero attached hydrogens (tertiary/aromatic N) is 5. The lowest BCUT2D eigenvalue weighted by Gasteiger charge is -2.28. The minimum Gasteiger partial charge on any atom is -0.381 e. The van der Waals surface area contributed by atoms with Gasteiger partial charge in [-0.15, -0.1) is 10.2 Å². The second kappa shape index (κ2) is 9.54. The summed E-state index contributed by atoms with van der Waals surface area (Å²) in [5.74, 6) is 1.58. The van der Waals surface area contributed by atoms with E-state index in [4.69, 9.17) is 4.74 Å². The lowest BCUT2D eigenvalue weighted by Crippen LogP contribution is -2.32. The maximum absolute atomic E-state index is 14.1. The first kappa shape index (κ1) is 24.6. The summed E-state index contributed by atoms with van der Waals surface area (Å²) in [6.07, 6.45) is 1.32. The molecule has 1 aromatic carbocycles. The van der Waals surface area contributed by atoms with E-state index in [1.54, 1.807) is 16.8 Å². The third kappa shape index (κ3) is 4.93. The number of hydrogen-bond acceptors (Lipinski definition) is 6. The van der Waals surface area contributed by atoms with Gasteiger partial charge in [-0.3, -0.25) is 4.68 Å². The van der Waals surface area contributed by atoms with Crippen LogP contribution >= 0.6 is 0 Å². The van der Waals surface area contributed by atoms with E-state index >= 15 is 0 Å². The molecular formula is C27H33F3N6O. The number of alkyl halides is 3. The van der Waals surface area contributed by atoms with Gasteiger partial charge < -0.3 is 15.0 Å². The van der Waals surface area contributed by atoms with Gasteiger partial charge in [-0.1, -0.05) is 6.07 Å². The quantitative estimate of drug-likeness (QED) is 0.522. The average molecular weight is 515 g/mol. The molecule has 2 aromatic heterocycles. The fourth-order valence-electron chi connectivity index (χ4n) is 6.62. The first-order chi connectivity index (χ1) is 17.7. The number of ether oxygens (including phenoxy) is 1. The van der Waals surface area contributed by atoms with Crippen LogP contribution < -0.4 is 5.32 Å². The molecule has 0 amide bonds. The molecule has 0 bridgehead atoms. The number of anilines is 1. The Morgan fingerprint density at radius 2 is 1.81 bits per heavy atom. The first-order valence-corrected chi connectivity index (χ1v) is 13.2. The minimum atomic E-state index is -4.53. The second-order valence-corrected chi connectivity index (χ2v) is 11.1. The van der Waals surface area contributed by atoms with Gasteiger partial charge in [0.25, 0.3) is 0 Å². The summed E-state index contributed by atoms with van der Waals surface area (Å²) < 4.78 is 49.6. The minimum absolute atomic E-state index is 0.0186. The molecule has 2 aliphatic heterocycles. The van der Waals surface area contributed by atoms with Crippen molar-refractivity contribution < 1.29 is 17.9 Å². The van der Waals surface area contributed by atoms with Gasteiger partial charge in [-0.05, 0) is 68.1 Å². The van der Waals surface area contributed by atoms with Gasteiger partial charge in [0.15, 0.2) is 5.82 Å². The van der Waals surface area contributed by atoms with Crippen LogP contribution in [0.3, 0.4) is 0 Å². The van der Waals surface area contributed by atoms with E-state index in [1.807, 2.05) is 20.2 Å². The summed E-state index contributed by atoms with van der Waals surface area (Å²) in [6.45, 7) is 6.78. The number of halogens is 3. The van der Waals surface area contributed by atoms with Crippen molar-refractivity contribution in [3.05, 3.63) is 35.5 Å². The van der Waals surface area contributed by atoms with Gasteiger partial charge in [0, 0.05) is 63.1 Å². The molecule has 4 heterocycles. The number of rotatable bonds is 5. The van der Waals surface area contributed by atoms with Crippen LogP contribution in [0.5, 0.6) is 0 Å². The van der Waals surface area contributed by atoms with Gasteiger partial charge >= 0.3 is 6.18 Å². The maximum Gasteiger partial charge on any atom is 0.420 e. The van der Waals surface area contributed by atoms with Crippen LogP contribution in [0, 0.1) is 24.7 Å². The fourth-order valence-corrected chi connectivity index (χ4v) is 6.62. The average Bonchev–Trinajstić information content (AvgIpc) is 3.52. The van der Waals surface area contributed by atoms with Crippen LogP contribution in [-0.2, 0) is 18.0 Å². The Hall–Kier alpha value is -2.72. The Morgan fingerprint density at radius 3 is 2.51 bits per heavy atom. The van der Waals surface area contributed by atoms with Crippen molar-refractivity contribution in [3.63, 3.8) is 0 Å². The SMILES string of the molecule is Cc1c(-c2cc(C(F)(F)F)c(N[C@H]3C[C@@H]4CN(CC5CCOCC5)C[C@@H]4C3)nn2)ccc2nn(C)cc12. The largest absolute Gasteiger partial charge is 0.420 e. The molecule has 6 rings (SSSR count). The number of fused-ring (bicyclic) bond motifs is 2. The number of benzene rings is 1. The van der Waals surface area contributed by atoms with E-state index in [2.05, 4.69) is 25.5 Å². The van der Waals surface area contributed by atoms with Crippen molar-refractivity contribution in [3.8, 4) is 11.3 Å². The number of hydrogen-bond donors (Lipinski definition) is 1. The molecule has 1 saturated carbocycles. The highest BCUT2D eigenvalue weighted by molar-refractivity contribution is 5.88. The third-order valence-corrected chi connectivity index (χ3v) is 8.47. The number of likely N-dealkylation sites (tertiary alicyclic amines) is 1. The highest BCUT2D eigenvalue weighted by Gasteiger charge is 2.43. The molecular weight excluding hydrogens is 481 g/mol. The zero-order valence-corrected chi connectivity index (χ0v) is 21.3. The first-order valence-electron chi connectivity index (χ1n) is 13.2. The molecule has 10 heteroatoms. The molecule has 3 fully saturated rings. The summed E-state index contributed by atoms with van der Waals surface area (Å²) in [7, 11) is 1.82. The van der Waals surface area contributed by atoms with E-state index < -0.39 is 11.7 Å². The van der Waals surface area contributed by atoms with Crippen molar-refractivity contribution in [2.24, 2.45) is 24.8 Å². The second-order valence-electron chi connectivity index (χ2n) is 11.1. The van der Waals surface area contributed by atoms with Gasteiger partial charge in [0.2, 0.25) is 0 Å². The van der Waals surface area contributed by atoms with Gasteiger partial charge in [0.05, 0.1) is 11.2 Å². The van der Waals surface area contributed by atoms with E-state index in [1.165, 1.54) is 0 Å². The Kier molecular flexibility index (Phi) is 6.35. The van der Waals surface area contributed by atoms with E-state index in [9.17, 15) is 13.2 Å². The summed E-state index contributed by atoms with van der Waals surface area (Å²) in [4.78, 5) is 2.55. The van der Waals surface area contributed by atoms with E-state index in [0.29, 0.717) is 23.3 Å². The van der Waals surface area contributed by atoms with Gasteiger partial charge in [-0.2, -0.15) is 18.3 Å². The summed E-state index contributed by atoms with van der Waals surface area (Å²) in [5, 5.41) is 16.7. The molecule has 1 aliphatic carbocycles. The molecule has 7 nitrogen and oxygen atoms in total. The molecule has 3 atom stereocenters. The normalized spacial score (nSPS) is 25.2.